The molecule has 0 saturated carbocycles. The van der Waals surface area contributed by atoms with Crippen LogP contribution in [0.1, 0.15) is 46.7 Å². The molecule has 1 saturated heterocycles. The number of rotatable bonds is 8. The maximum absolute atomic E-state index is 13.2. The maximum Gasteiger partial charge on any atom is 0.226 e. The molecule has 4 heterocycles. The first-order chi connectivity index (χ1) is 20.0. The van der Waals surface area contributed by atoms with E-state index in [0.29, 0.717) is 18.1 Å². The van der Waals surface area contributed by atoms with Crippen LogP contribution in [0.5, 0.6) is 0 Å². The number of amides is 1. The molecular formula is C33H32N6OS. The first kappa shape index (κ1) is 26.7. The second kappa shape index (κ2) is 11.5. The van der Waals surface area contributed by atoms with E-state index >= 15 is 0 Å². The van der Waals surface area contributed by atoms with E-state index in [1.165, 1.54) is 22.5 Å². The van der Waals surface area contributed by atoms with E-state index in [0.717, 1.165) is 28.7 Å². The van der Waals surface area contributed by atoms with Gasteiger partial charge in [-0.3, -0.25) is 14.8 Å². The van der Waals surface area contributed by atoms with E-state index in [4.69, 9.17) is 12.2 Å². The third kappa shape index (κ3) is 5.43. The summed E-state index contributed by atoms with van der Waals surface area (Å²) in [5, 5.41) is 9.39. The Morgan fingerprint density at radius 2 is 1.76 bits per heavy atom. The van der Waals surface area contributed by atoms with Gasteiger partial charge in [0.1, 0.15) is 0 Å². The fourth-order valence-electron chi connectivity index (χ4n) is 5.80. The zero-order chi connectivity index (χ0) is 28.3. The normalized spacial score (nSPS) is 16.6. The first-order valence-electron chi connectivity index (χ1n) is 13.8. The van der Waals surface area contributed by atoms with Crippen LogP contribution in [0, 0.1) is 13.8 Å². The van der Waals surface area contributed by atoms with Crippen LogP contribution in [0.15, 0.2) is 97.5 Å². The van der Waals surface area contributed by atoms with Crippen LogP contribution in [0.2, 0.25) is 0 Å². The van der Waals surface area contributed by atoms with Gasteiger partial charge in [0.05, 0.1) is 17.8 Å². The van der Waals surface area contributed by atoms with E-state index in [1.54, 1.807) is 0 Å². The molecule has 2 atom stereocenters. The summed E-state index contributed by atoms with van der Waals surface area (Å²) in [5.74, 6) is -0.0488. The minimum atomic E-state index is -0.139. The second-order valence-electron chi connectivity index (χ2n) is 10.4. The Hall–Kier alpha value is -4.56. The molecule has 5 aromatic rings. The smallest absolute Gasteiger partial charge is 0.226 e. The molecule has 1 amide bonds. The lowest BCUT2D eigenvalue weighted by molar-refractivity contribution is -0.116. The van der Waals surface area contributed by atoms with Gasteiger partial charge in [-0.1, -0.05) is 42.5 Å². The number of aryl methyl sites for hydroxylation is 1. The lowest BCUT2D eigenvalue weighted by Gasteiger charge is -2.28. The summed E-state index contributed by atoms with van der Waals surface area (Å²) in [6.07, 6.45) is 5.76. The highest BCUT2D eigenvalue weighted by Gasteiger charge is 2.41. The largest absolute Gasteiger partial charge is 0.352 e. The van der Waals surface area contributed by atoms with Crippen molar-refractivity contribution >= 4 is 39.7 Å². The highest BCUT2D eigenvalue weighted by atomic mass is 32.1. The molecule has 1 aliphatic heterocycles. The number of fused-ring (bicyclic) bond motifs is 1. The summed E-state index contributed by atoms with van der Waals surface area (Å²) in [7, 11) is 0. The average Bonchev–Trinajstić information content (AvgIpc) is 3.47. The number of nitrogens with one attached hydrogen (secondary N) is 2. The summed E-state index contributed by atoms with van der Waals surface area (Å²) in [6, 6.07) is 26.0. The van der Waals surface area contributed by atoms with Crippen LogP contribution in [-0.2, 0) is 11.3 Å². The minimum absolute atomic E-state index is 0.0488. The molecule has 206 valence electrons. The molecule has 0 spiro atoms. The van der Waals surface area contributed by atoms with Crippen LogP contribution >= 0.6 is 12.2 Å². The van der Waals surface area contributed by atoms with Crippen LogP contribution in [0.3, 0.4) is 0 Å². The van der Waals surface area contributed by atoms with Crippen molar-refractivity contribution < 1.29 is 4.79 Å². The number of hydrogen-bond donors (Lipinski definition) is 2. The number of pyridine rings is 2. The standard InChI is InChI=1S/C33H32N6OS/c1-22-20-27(23(2)39(22)21-24-13-17-34-18-14-24)32-31(29-11-5-6-16-35-29)37-33(41)38(32)19-15-30(40)36-28-12-7-9-25-8-3-4-10-26(25)28/h3-14,16-18,20,31-32H,15,19,21H2,1-2H3,(H,36,40)(H,37,41)/t31-,32+/m0/s1. The van der Waals surface area contributed by atoms with E-state index in [9.17, 15) is 4.79 Å². The minimum Gasteiger partial charge on any atom is -0.352 e. The Labute approximate surface area is 245 Å². The van der Waals surface area contributed by atoms with Crippen LogP contribution in [-0.4, -0.2) is 37.0 Å². The van der Waals surface area contributed by atoms with Crippen molar-refractivity contribution in [1.29, 1.82) is 0 Å². The number of benzene rings is 2. The van der Waals surface area contributed by atoms with E-state index in [2.05, 4.69) is 50.0 Å². The van der Waals surface area contributed by atoms with Gasteiger partial charge < -0.3 is 20.1 Å². The lowest BCUT2D eigenvalue weighted by Crippen LogP contribution is -2.33. The van der Waals surface area contributed by atoms with Gasteiger partial charge in [-0.25, -0.2) is 0 Å². The van der Waals surface area contributed by atoms with Gasteiger partial charge in [-0.15, -0.1) is 0 Å². The lowest BCUT2D eigenvalue weighted by atomic mass is 9.96. The Kier molecular flexibility index (Phi) is 7.48. The highest BCUT2D eigenvalue weighted by Crippen LogP contribution is 2.41. The third-order valence-corrected chi connectivity index (χ3v) is 8.22. The SMILES string of the molecule is Cc1cc([C@@H]2[C@H](c3ccccn3)NC(=S)N2CCC(=O)Nc2cccc3ccccc23)c(C)n1Cc1ccncc1. The maximum atomic E-state index is 13.2. The molecule has 0 bridgehead atoms. The molecule has 1 aliphatic rings. The van der Waals surface area contributed by atoms with Gasteiger partial charge in [0.15, 0.2) is 5.11 Å². The zero-order valence-corrected chi connectivity index (χ0v) is 23.9. The van der Waals surface area contributed by atoms with Crippen molar-refractivity contribution in [3.05, 3.63) is 126 Å². The van der Waals surface area contributed by atoms with Crippen LogP contribution < -0.4 is 10.6 Å². The number of hydrogen-bond acceptors (Lipinski definition) is 4. The molecule has 8 heteroatoms. The third-order valence-electron chi connectivity index (χ3n) is 7.86. The molecule has 0 unspecified atom stereocenters. The molecule has 41 heavy (non-hydrogen) atoms. The van der Waals surface area contributed by atoms with E-state index in [-0.39, 0.29) is 18.0 Å². The fourth-order valence-corrected chi connectivity index (χ4v) is 6.13. The van der Waals surface area contributed by atoms with E-state index < -0.39 is 0 Å². The predicted octanol–water partition coefficient (Wildman–Crippen LogP) is 6.10. The molecule has 0 aliphatic carbocycles. The molecule has 2 N–H and O–H groups in total. The Morgan fingerprint density at radius 1 is 0.976 bits per heavy atom. The van der Waals surface area contributed by atoms with Crippen molar-refractivity contribution in [2.24, 2.45) is 0 Å². The Balaban J connectivity index is 1.28. The summed E-state index contributed by atoms with van der Waals surface area (Å²) in [4.78, 5) is 24.2. The molecule has 6 rings (SSSR count). The van der Waals surface area contributed by atoms with Crippen molar-refractivity contribution in [2.75, 3.05) is 11.9 Å². The number of aromatic nitrogens is 3. The number of anilines is 1. The van der Waals surface area contributed by atoms with Gasteiger partial charge in [-0.05, 0) is 79.0 Å². The van der Waals surface area contributed by atoms with Crippen molar-refractivity contribution in [3.63, 3.8) is 0 Å². The van der Waals surface area contributed by atoms with Gasteiger partial charge in [0.25, 0.3) is 0 Å². The summed E-state index contributed by atoms with van der Waals surface area (Å²) in [6.45, 7) is 5.53. The predicted molar refractivity (Wildman–Crippen MR) is 167 cm³/mol. The molecule has 3 aromatic heterocycles. The quantitative estimate of drug-likeness (QED) is 0.224. The summed E-state index contributed by atoms with van der Waals surface area (Å²) in [5.41, 5.74) is 6.44. The molecular weight excluding hydrogens is 528 g/mol. The highest BCUT2D eigenvalue weighted by molar-refractivity contribution is 7.80. The number of nitrogens with zero attached hydrogens (tertiary/aromatic N) is 4. The summed E-state index contributed by atoms with van der Waals surface area (Å²) < 4.78 is 2.33. The van der Waals surface area contributed by atoms with Crippen LogP contribution in [0.4, 0.5) is 5.69 Å². The first-order valence-corrected chi connectivity index (χ1v) is 14.2. The fraction of sp³-hybridized carbons (Fsp3) is 0.212. The monoisotopic (exact) mass is 560 g/mol. The van der Waals surface area contributed by atoms with Gasteiger partial charge in [0, 0.05) is 60.6 Å². The number of carbonyl (C=O) groups excluding carboxylic acids is 1. The van der Waals surface area contributed by atoms with Gasteiger partial charge >= 0.3 is 0 Å². The molecule has 1 fully saturated rings. The van der Waals surface area contributed by atoms with Gasteiger partial charge in [0.2, 0.25) is 5.91 Å². The average molecular weight is 561 g/mol. The van der Waals surface area contributed by atoms with Crippen molar-refractivity contribution in [1.82, 2.24) is 24.8 Å². The number of thiocarbonyl (C=S) groups is 1. The van der Waals surface area contributed by atoms with Crippen molar-refractivity contribution in [3.8, 4) is 0 Å². The zero-order valence-electron chi connectivity index (χ0n) is 23.1. The topological polar surface area (TPSA) is 75.1 Å². The van der Waals surface area contributed by atoms with Crippen LogP contribution in [0.25, 0.3) is 10.8 Å². The van der Waals surface area contributed by atoms with Crippen molar-refractivity contribution in [2.45, 2.75) is 38.9 Å². The summed E-state index contributed by atoms with van der Waals surface area (Å²) >= 11 is 5.87. The molecule has 0 radical (unpaired) electrons. The molecule has 7 nitrogen and oxygen atoms in total. The van der Waals surface area contributed by atoms with E-state index in [1.807, 2.05) is 91.4 Å². The van der Waals surface area contributed by atoms with Gasteiger partial charge in [-0.2, -0.15) is 0 Å². The molecule has 2 aromatic carbocycles. The Bertz CT molecular complexity index is 1700. The Morgan fingerprint density at radius 3 is 2.56 bits per heavy atom. The second-order valence-corrected chi connectivity index (χ2v) is 10.8. The number of carbonyl (C=O) groups is 1.